The van der Waals surface area contributed by atoms with Gasteiger partial charge < -0.3 is 19.9 Å². The molecule has 0 aliphatic rings. The molecule has 7 heteroatoms. The van der Waals surface area contributed by atoms with Crippen LogP contribution in [0.25, 0.3) is 0 Å². The summed E-state index contributed by atoms with van der Waals surface area (Å²) in [5.74, 6) is -1.13. The number of carbonyl (C=O) groups is 2. The quantitative estimate of drug-likeness (QED) is 0.761. The number of hydrogen-bond acceptors (Lipinski definition) is 5. The van der Waals surface area contributed by atoms with Gasteiger partial charge in [-0.3, -0.25) is 4.79 Å². The summed E-state index contributed by atoms with van der Waals surface area (Å²) in [5.41, 5.74) is 1.43. The molecule has 24 heavy (non-hydrogen) atoms. The first-order chi connectivity index (χ1) is 11.4. The van der Waals surface area contributed by atoms with Gasteiger partial charge in [-0.2, -0.15) is 0 Å². The normalized spacial score (nSPS) is 10.1. The molecule has 0 spiro atoms. The van der Waals surface area contributed by atoms with Crippen LogP contribution >= 0.6 is 15.9 Å². The molecule has 0 saturated heterocycles. The smallest absolute Gasteiger partial charge is 0.342 e. The lowest BCUT2D eigenvalue weighted by molar-refractivity contribution is -0.119. The molecular formula is C17H16BrNO5. The molecule has 126 valence electrons. The Morgan fingerprint density at radius 2 is 1.96 bits per heavy atom. The molecule has 2 rings (SSSR count). The standard InChI is InChI=1S/C17H16BrNO5/c1-10-7-11(18)3-5-14(10)19-16(21)9-24-17(22)13-8-12(23-2)4-6-15(13)20/h3-8,20H,9H2,1-2H3,(H,19,21). The number of halogens is 1. The average molecular weight is 394 g/mol. The van der Waals surface area contributed by atoms with E-state index in [4.69, 9.17) is 9.47 Å². The number of esters is 1. The minimum absolute atomic E-state index is 0.0676. The average Bonchev–Trinajstić information content (AvgIpc) is 2.55. The lowest BCUT2D eigenvalue weighted by Crippen LogP contribution is -2.21. The zero-order valence-electron chi connectivity index (χ0n) is 13.1. The number of aryl methyl sites for hydroxylation is 1. The van der Waals surface area contributed by atoms with Gasteiger partial charge in [-0.25, -0.2) is 4.79 Å². The third-order valence-electron chi connectivity index (χ3n) is 3.22. The third-order valence-corrected chi connectivity index (χ3v) is 3.71. The van der Waals surface area contributed by atoms with E-state index in [1.54, 1.807) is 12.1 Å². The van der Waals surface area contributed by atoms with Crippen LogP contribution in [0.5, 0.6) is 11.5 Å². The minimum Gasteiger partial charge on any atom is -0.507 e. The highest BCUT2D eigenvalue weighted by atomic mass is 79.9. The van der Waals surface area contributed by atoms with E-state index in [-0.39, 0.29) is 11.3 Å². The van der Waals surface area contributed by atoms with Crippen LogP contribution in [0.4, 0.5) is 5.69 Å². The first-order valence-electron chi connectivity index (χ1n) is 7.01. The number of nitrogens with one attached hydrogen (secondary N) is 1. The van der Waals surface area contributed by atoms with E-state index < -0.39 is 18.5 Å². The van der Waals surface area contributed by atoms with Crippen molar-refractivity contribution in [3.63, 3.8) is 0 Å². The summed E-state index contributed by atoms with van der Waals surface area (Å²) in [5, 5.41) is 12.4. The van der Waals surface area contributed by atoms with Crippen molar-refractivity contribution < 1.29 is 24.2 Å². The van der Waals surface area contributed by atoms with Gasteiger partial charge in [0.15, 0.2) is 6.61 Å². The van der Waals surface area contributed by atoms with Crippen molar-refractivity contribution >= 4 is 33.5 Å². The number of benzene rings is 2. The molecule has 0 fully saturated rings. The van der Waals surface area contributed by atoms with Gasteiger partial charge in [0, 0.05) is 10.2 Å². The summed E-state index contributed by atoms with van der Waals surface area (Å²) >= 11 is 3.34. The summed E-state index contributed by atoms with van der Waals surface area (Å²) in [7, 11) is 1.44. The number of hydrogen-bond donors (Lipinski definition) is 2. The highest BCUT2D eigenvalue weighted by Crippen LogP contribution is 2.23. The van der Waals surface area contributed by atoms with Crippen LogP contribution in [-0.4, -0.2) is 30.7 Å². The highest BCUT2D eigenvalue weighted by molar-refractivity contribution is 9.10. The zero-order valence-corrected chi connectivity index (χ0v) is 14.7. The molecule has 2 aromatic carbocycles. The molecule has 0 aliphatic heterocycles. The van der Waals surface area contributed by atoms with Gasteiger partial charge >= 0.3 is 5.97 Å². The molecule has 0 unspecified atom stereocenters. The Labute approximate surface area is 147 Å². The Bertz CT molecular complexity index is 776. The van der Waals surface area contributed by atoms with E-state index in [1.165, 1.54) is 25.3 Å². The van der Waals surface area contributed by atoms with Gasteiger partial charge in [-0.1, -0.05) is 15.9 Å². The van der Waals surface area contributed by atoms with E-state index in [2.05, 4.69) is 21.2 Å². The third kappa shape index (κ3) is 4.48. The Morgan fingerprint density at radius 1 is 1.21 bits per heavy atom. The second kappa shape index (κ2) is 7.83. The van der Waals surface area contributed by atoms with Crippen molar-refractivity contribution in [3.05, 3.63) is 52.0 Å². The van der Waals surface area contributed by atoms with Gasteiger partial charge in [-0.05, 0) is 48.9 Å². The Morgan fingerprint density at radius 3 is 2.62 bits per heavy atom. The molecule has 1 amide bonds. The minimum atomic E-state index is -0.811. The van der Waals surface area contributed by atoms with Crippen molar-refractivity contribution in [2.24, 2.45) is 0 Å². The van der Waals surface area contributed by atoms with Crippen LogP contribution < -0.4 is 10.1 Å². The maximum Gasteiger partial charge on any atom is 0.342 e. The first kappa shape index (κ1) is 17.8. The van der Waals surface area contributed by atoms with E-state index >= 15 is 0 Å². The molecule has 0 saturated carbocycles. The first-order valence-corrected chi connectivity index (χ1v) is 7.80. The monoisotopic (exact) mass is 393 g/mol. The van der Waals surface area contributed by atoms with Crippen LogP contribution in [0.1, 0.15) is 15.9 Å². The van der Waals surface area contributed by atoms with Crippen LogP contribution in [-0.2, 0) is 9.53 Å². The molecule has 0 radical (unpaired) electrons. The summed E-state index contributed by atoms with van der Waals surface area (Å²) in [4.78, 5) is 23.9. The SMILES string of the molecule is COc1ccc(O)c(C(=O)OCC(=O)Nc2ccc(Br)cc2C)c1. The largest absolute Gasteiger partial charge is 0.507 e. The number of methoxy groups -OCH3 is 1. The summed E-state index contributed by atoms with van der Waals surface area (Å²) in [6, 6.07) is 9.57. The van der Waals surface area contributed by atoms with Crippen LogP contribution in [0.3, 0.4) is 0 Å². The summed E-state index contributed by atoms with van der Waals surface area (Å²) in [6.07, 6.45) is 0. The van der Waals surface area contributed by atoms with Crippen LogP contribution in [0, 0.1) is 6.92 Å². The molecule has 2 aromatic rings. The van der Waals surface area contributed by atoms with E-state index in [1.807, 2.05) is 13.0 Å². The van der Waals surface area contributed by atoms with E-state index in [0.717, 1.165) is 10.0 Å². The van der Waals surface area contributed by atoms with E-state index in [0.29, 0.717) is 11.4 Å². The topological polar surface area (TPSA) is 84.9 Å². The number of phenols is 1. The molecule has 6 nitrogen and oxygen atoms in total. The molecule has 0 aliphatic carbocycles. The maximum atomic E-state index is 12.0. The van der Waals surface area contributed by atoms with Gasteiger partial charge in [0.05, 0.1) is 7.11 Å². The predicted molar refractivity (Wildman–Crippen MR) is 92.5 cm³/mol. The van der Waals surface area contributed by atoms with Crippen LogP contribution in [0.2, 0.25) is 0 Å². The number of anilines is 1. The number of aromatic hydroxyl groups is 1. The van der Waals surface area contributed by atoms with Crippen LogP contribution in [0.15, 0.2) is 40.9 Å². The Kier molecular flexibility index (Phi) is 5.81. The zero-order chi connectivity index (χ0) is 17.7. The van der Waals surface area contributed by atoms with Gasteiger partial charge in [-0.15, -0.1) is 0 Å². The van der Waals surface area contributed by atoms with Gasteiger partial charge in [0.2, 0.25) is 0 Å². The predicted octanol–water partition coefficient (Wildman–Crippen LogP) is 3.27. The second-order valence-electron chi connectivity index (χ2n) is 4.97. The second-order valence-corrected chi connectivity index (χ2v) is 5.88. The van der Waals surface area contributed by atoms with Crippen molar-refractivity contribution in [2.75, 3.05) is 19.0 Å². The number of phenolic OH excluding ortho intramolecular Hbond substituents is 1. The summed E-state index contributed by atoms with van der Waals surface area (Å²) in [6.45, 7) is 1.38. The van der Waals surface area contributed by atoms with Gasteiger partial charge in [0.1, 0.15) is 17.1 Å². The maximum absolute atomic E-state index is 12.0. The van der Waals surface area contributed by atoms with Crippen molar-refractivity contribution in [1.82, 2.24) is 0 Å². The van der Waals surface area contributed by atoms with Gasteiger partial charge in [0.25, 0.3) is 5.91 Å². The Hall–Kier alpha value is -2.54. The van der Waals surface area contributed by atoms with Crippen molar-refractivity contribution in [1.29, 1.82) is 0 Å². The lowest BCUT2D eigenvalue weighted by Gasteiger charge is -2.10. The number of rotatable bonds is 5. The molecule has 0 bridgehead atoms. The lowest BCUT2D eigenvalue weighted by atomic mass is 10.2. The fourth-order valence-corrected chi connectivity index (χ4v) is 2.44. The number of carbonyl (C=O) groups excluding carboxylic acids is 2. The molecular weight excluding hydrogens is 378 g/mol. The molecule has 0 atom stereocenters. The highest BCUT2D eigenvalue weighted by Gasteiger charge is 2.16. The summed E-state index contributed by atoms with van der Waals surface area (Å²) < 4.78 is 10.8. The van der Waals surface area contributed by atoms with Crippen molar-refractivity contribution in [2.45, 2.75) is 6.92 Å². The Balaban J connectivity index is 1.97. The molecule has 0 aromatic heterocycles. The fraction of sp³-hybridized carbons (Fsp3) is 0.176. The van der Waals surface area contributed by atoms with Crippen molar-refractivity contribution in [3.8, 4) is 11.5 Å². The number of ether oxygens (including phenoxy) is 2. The molecule has 2 N–H and O–H groups in total. The molecule has 0 heterocycles. The fourth-order valence-electron chi connectivity index (χ4n) is 1.97. The number of amides is 1. The van der Waals surface area contributed by atoms with E-state index in [9.17, 15) is 14.7 Å².